The van der Waals surface area contributed by atoms with Gasteiger partial charge in [0.25, 0.3) is 0 Å². The molecule has 0 radical (unpaired) electrons. The van der Waals surface area contributed by atoms with Crippen molar-refractivity contribution in [3.05, 3.63) is 35.9 Å². The van der Waals surface area contributed by atoms with E-state index in [2.05, 4.69) is 86.3 Å². The standard InChI is InChI=1S/C31H54O4Si2/c1-10-36(11-2,12-3)35-31(20-16-17-22-33-25-29-18-14-13-15-19-29)30(24-32)21-23-34-37(26(4)5,27(6)7)28(8)9/h13-15,18-19,24,26-28,30-31H,10-12,17,21-23,25H2,1-9H3/t30-,31+/m0/s1. The summed E-state index contributed by atoms with van der Waals surface area (Å²) in [7, 11) is -3.91. The van der Waals surface area contributed by atoms with Gasteiger partial charge in [-0.1, -0.05) is 104 Å². The normalized spacial score (nSPS) is 14.1. The summed E-state index contributed by atoms with van der Waals surface area (Å²) in [5.41, 5.74) is 2.71. The summed E-state index contributed by atoms with van der Waals surface area (Å²) < 4.78 is 19.4. The Balaban J connectivity index is 2.94. The van der Waals surface area contributed by atoms with Crippen LogP contribution in [0.5, 0.6) is 0 Å². The van der Waals surface area contributed by atoms with Crippen LogP contribution in [-0.4, -0.2) is 42.2 Å². The number of hydrogen-bond donors (Lipinski definition) is 0. The van der Waals surface area contributed by atoms with Crippen LogP contribution < -0.4 is 0 Å². The molecule has 4 nitrogen and oxygen atoms in total. The molecular formula is C31H54O4Si2. The van der Waals surface area contributed by atoms with Gasteiger partial charge in [-0.2, -0.15) is 0 Å². The highest BCUT2D eigenvalue weighted by Gasteiger charge is 2.45. The van der Waals surface area contributed by atoms with Crippen molar-refractivity contribution in [2.24, 2.45) is 5.92 Å². The molecule has 0 saturated heterocycles. The third-order valence-electron chi connectivity index (χ3n) is 8.11. The molecule has 0 saturated carbocycles. The Bertz CT molecular complexity index is 779. The van der Waals surface area contributed by atoms with Gasteiger partial charge in [-0.15, -0.1) is 0 Å². The van der Waals surface area contributed by atoms with Crippen LogP contribution in [-0.2, 0) is 25.0 Å². The van der Waals surface area contributed by atoms with Crippen LogP contribution in [0.4, 0.5) is 0 Å². The van der Waals surface area contributed by atoms with Gasteiger partial charge in [0.1, 0.15) is 12.4 Å². The molecule has 6 heteroatoms. The molecule has 0 aromatic heterocycles. The second-order valence-corrected chi connectivity index (χ2v) is 21.3. The Morgan fingerprint density at radius 1 is 0.865 bits per heavy atom. The van der Waals surface area contributed by atoms with Gasteiger partial charge >= 0.3 is 0 Å². The monoisotopic (exact) mass is 546 g/mol. The van der Waals surface area contributed by atoms with E-state index in [1.54, 1.807) is 0 Å². The van der Waals surface area contributed by atoms with Gasteiger partial charge in [-0.3, -0.25) is 0 Å². The second kappa shape index (κ2) is 17.4. The molecule has 0 heterocycles. The van der Waals surface area contributed by atoms with Crippen LogP contribution in [0, 0.1) is 17.8 Å². The lowest BCUT2D eigenvalue weighted by molar-refractivity contribution is -0.113. The summed E-state index contributed by atoms with van der Waals surface area (Å²) in [6.07, 6.45) is 1.95. The molecule has 0 amide bonds. The highest BCUT2D eigenvalue weighted by atomic mass is 28.4. The number of carbonyl (C=O) groups excluding carboxylic acids is 1. The van der Waals surface area contributed by atoms with Gasteiger partial charge in [0, 0.05) is 13.0 Å². The molecule has 0 aliphatic carbocycles. The molecule has 1 aromatic rings. The first-order valence-corrected chi connectivity index (χ1v) is 19.2. The predicted molar refractivity (Wildman–Crippen MR) is 162 cm³/mol. The zero-order valence-electron chi connectivity index (χ0n) is 25.1. The number of hydrogen-bond acceptors (Lipinski definition) is 4. The van der Waals surface area contributed by atoms with Crippen molar-refractivity contribution >= 4 is 22.9 Å². The van der Waals surface area contributed by atoms with Crippen molar-refractivity contribution in [2.75, 3.05) is 13.2 Å². The minimum Gasteiger partial charge on any atom is -0.416 e. The Morgan fingerprint density at radius 2 is 1.43 bits per heavy atom. The minimum atomic E-state index is -1.98. The van der Waals surface area contributed by atoms with E-state index in [1.807, 2.05) is 18.2 Å². The largest absolute Gasteiger partial charge is 0.416 e. The molecule has 0 aliphatic rings. The summed E-state index contributed by atoms with van der Waals surface area (Å²) in [6.45, 7) is 22.2. The Hall–Kier alpha value is -1.24. The molecule has 0 spiro atoms. The number of benzene rings is 1. The molecule has 0 aliphatic heterocycles. The first kappa shape index (κ1) is 33.8. The van der Waals surface area contributed by atoms with E-state index in [4.69, 9.17) is 13.6 Å². The maximum absolute atomic E-state index is 12.3. The highest BCUT2D eigenvalue weighted by molar-refractivity contribution is 6.77. The quantitative estimate of drug-likeness (QED) is 0.0802. The Labute approximate surface area is 230 Å². The first-order chi connectivity index (χ1) is 17.6. The minimum absolute atomic E-state index is 0.285. The molecule has 0 unspecified atom stereocenters. The van der Waals surface area contributed by atoms with E-state index in [0.29, 0.717) is 49.3 Å². The fourth-order valence-corrected chi connectivity index (χ4v) is 14.0. The van der Waals surface area contributed by atoms with E-state index < -0.39 is 16.6 Å². The summed E-state index contributed by atoms with van der Waals surface area (Å²) in [4.78, 5) is 12.3. The molecule has 2 atom stereocenters. The second-order valence-electron chi connectivity index (χ2n) is 11.1. The van der Waals surface area contributed by atoms with E-state index in [9.17, 15) is 4.79 Å². The summed E-state index contributed by atoms with van der Waals surface area (Å²) in [6, 6.07) is 13.3. The van der Waals surface area contributed by atoms with E-state index >= 15 is 0 Å². The van der Waals surface area contributed by atoms with E-state index in [1.165, 1.54) is 0 Å². The first-order valence-electron chi connectivity index (χ1n) is 14.5. The van der Waals surface area contributed by atoms with E-state index in [-0.39, 0.29) is 12.0 Å². The van der Waals surface area contributed by atoms with Crippen LogP contribution in [0.3, 0.4) is 0 Å². The van der Waals surface area contributed by atoms with Gasteiger partial charge < -0.3 is 18.4 Å². The molecule has 0 bridgehead atoms. The fourth-order valence-electron chi connectivity index (χ4n) is 5.72. The molecule has 1 aromatic carbocycles. The number of carbonyl (C=O) groups is 1. The van der Waals surface area contributed by atoms with Crippen molar-refractivity contribution in [3.8, 4) is 11.8 Å². The zero-order valence-corrected chi connectivity index (χ0v) is 27.1. The summed E-state index contributed by atoms with van der Waals surface area (Å²) >= 11 is 0. The topological polar surface area (TPSA) is 44.8 Å². The van der Waals surface area contributed by atoms with Crippen LogP contribution in [0.15, 0.2) is 30.3 Å². The van der Waals surface area contributed by atoms with Crippen LogP contribution in [0.25, 0.3) is 0 Å². The van der Waals surface area contributed by atoms with Crippen LogP contribution in [0.2, 0.25) is 34.8 Å². The van der Waals surface area contributed by atoms with Crippen LogP contribution in [0.1, 0.15) is 80.7 Å². The molecule has 210 valence electrons. The average molecular weight is 547 g/mol. The maximum atomic E-state index is 12.3. The Morgan fingerprint density at radius 3 is 1.92 bits per heavy atom. The third kappa shape index (κ3) is 10.1. The van der Waals surface area contributed by atoms with E-state index in [0.717, 1.165) is 30.0 Å². The van der Waals surface area contributed by atoms with Crippen molar-refractivity contribution in [2.45, 2.75) is 123 Å². The van der Waals surface area contributed by atoms with Crippen molar-refractivity contribution < 1.29 is 18.4 Å². The highest BCUT2D eigenvalue weighted by Crippen LogP contribution is 2.42. The zero-order chi connectivity index (χ0) is 27.9. The average Bonchev–Trinajstić information content (AvgIpc) is 2.88. The van der Waals surface area contributed by atoms with Gasteiger partial charge in [0.15, 0.2) is 16.6 Å². The van der Waals surface area contributed by atoms with Crippen molar-refractivity contribution in [3.63, 3.8) is 0 Å². The van der Waals surface area contributed by atoms with Gasteiger partial charge in [0.2, 0.25) is 0 Å². The number of aldehydes is 1. The Kier molecular flexibility index (Phi) is 15.9. The van der Waals surface area contributed by atoms with Crippen molar-refractivity contribution in [1.29, 1.82) is 0 Å². The van der Waals surface area contributed by atoms with Crippen molar-refractivity contribution in [1.82, 2.24) is 0 Å². The van der Waals surface area contributed by atoms with Gasteiger partial charge in [0.05, 0.1) is 19.1 Å². The van der Waals surface area contributed by atoms with Gasteiger partial charge in [-0.05, 0) is 46.7 Å². The molecule has 37 heavy (non-hydrogen) atoms. The lowest BCUT2D eigenvalue weighted by Crippen LogP contribution is -2.48. The third-order valence-corrected chi connectivity index (χ3v) is 18.8. The van der Waals surface area contributed by atoms with Crippen LogP contribution >= 0.6 is 0 Å². The SMILES string of the molecule is CC[Si](CC)(CC)O[C@H](C#CCCOCc1ccccc1)[C@H](C=O)CCO[Si](C(C)C)(C(C)C)C(C)C. The molecule has 0 fully saturated rings. The smallest absolute Gasteiger partial charge is 0.200 e. The van der Waals surface area contributed by atoms with Gasteiger partial charge in [-0.25, -0.2) is 0 Å². The lowest BCUT2D eigenvalue weighted by Gasteiger charge is -2.42. The maximum Gasteiger partial charge on any atom is 0.200 e. The fraction of sp³-hybridized carbons (Fsp3) is 0.710. The number of ether oxygens (including phenoxy) is 1. The number of rotatable bonds is 18. The predicted octanol–water partition coefficient (Wildman–Crippen LogP) is 8.38. The molecule has 0 N–H and O–H groups in total. The summed E-state index contributed by atoms with van der Waals surface area (Å²) in [5, 5.41) is 0. The lowest BCUT2D eigenvalue weighted by atomic mass is 10.0. The molecule has 1 rings (SSSR count). The summed E-state index contributed by atoms with van der Waals surface area (Å²) in [5.74, 6) is 6.34. The molecular weight excluding hydrogens is 493 g/mol.